The molecule has 4 N–H and O–H groups in total. The van der Waals surface area contributed by atoms with Crippen molar-refractivity contribution in [3.63, 3.8) is 0 Å². The van der Waals surface area contributed by atoms with E-state index in [1.165, 1.54) is 4.90 Å². The van der Waals surface area contributed by atoms with Gasteiger partial charge >= 0.3 is 0 Å². The summed E-state index contributed by atoms with van der Waals surface area (Å²) in [5, 5.41) is 37.7. The van der Waals surface area contributed by atoms with Crippen molar-refractivity contribution in [1.82, 2.24) is 36.0 Å². The van der Waals surface area contributed by atoms with Crippen molar-refractivity contribution in [2.24, 2.45) is 16.2 Å². The second kappa shape index (κ2) is 21.9. The van der Waals surface area contributed by atoms with Crippen LogP contribution in [0.4, 0.5) is 0 Å². The van der Waals surface area contributed by atoms with Gasteiger partial charge in [0.05, 0.1) is 44.5 Å². The highest BCUT2D eigenvalue weighted by molar-refractivity contribution is 7.13. The van der Waals surface area contributed by atoms with Crippen molar-refractivity contribution in [3.05, 3.63) is 93.3 Å². The number of thiazole rings is 1. The molecule has 0 unspecified atom stereocenters. The molecule has 1 saturated carbocycles. The molecule has 6 rings (SSSR count). The van der Waals surface area contributed by atoms with Gasteiger partial charge in [-0.3, -0.25) is 19.2 Å². The lowest BCUT2D eigenvalue weighted by Crippen LogP contribution is -2.74. The van der Waals surface area contributed by atoms with E-state index in [-0.39, 0.29) is 55.3 Å². The average Bonchev–Trinajstić information content (AvgIpc) is 3.91. The molecule has 4 amide bonds. The summed E-state index contributed by atoms with van der Waals surface area (Å²) >= 11 is 7.80. The monoisotopic (exact) mass is 968 g/mol. The first kappa shape index (κ1) is 51.9. The molecule has 1 aliphatic carbocycles. The summed E-state index contributed by atoms with van der Waals surface area (Å²) < 4.78 is 12.0. The molecule has 4 aromatic rings. The second-order valence-electron chi connectivity index (χ2n) is 20.3. The predicted molar refractivity (Wildman–Crippen MR) is 261 cm³/mol. The van der Waals surface area contributed by atoms with E-state index in [0.717, 1.165) is 53.1 Å². The number of hydrogen-bond acceptors (Lipinski definition) is 12. The van der Waals surface area contributed by atoms with Crippen molar-refractivity contribution in [1.29, 1.82) is 5.26 Å². The summed E-state index contributed by atoms with van der Waals surface area (Å²) in [4.78, 5) is 60.9. The average molecular weight is 970 g/mol. The van der Waals surface area contributed by atoms with Gasteiger partial charge in [-0.1, -0.05) is 97.2 Å². The summed E-state index contributed by atoms with van der Waals surface area (Å²) in [6.07, 6.45) is 3.04. The highest BCUT2D eigenvalue weighted by atomic mass is 35.5. The van der Waals surface area contributed by atoms with E-state index in [2.05, 4.69) is 37.2 Å². The van der Waals surface area contributed by atoms with E-state index in [1.807, 2.05) is 98.2 Å². The third kappa shape index (κ3) is 12.2. The smallest absolute Gasteiger partial charge is 0.272 e. The molecule has 17 heteroatoms. The molecule has 3 heterocycles. The van der Waals surface area contributed by atoms with Crippen LogP contribution in [0.25, 0.3) is 10.4 Å². The van der Waals surface area contributed by atoms with Crippen LogP contribution in [0.5, 0.6) is 5.75 Å². The number of nitrogens with one attached hydrogen (secondary N) is 3. The highest BCUT2D eigenvalue weighted by Gasteiger charge is 2.64. The summed E-state index contributed by atoms with van der Waals surface area (Å²) in [6.45, 7) is 17.7. The Balaban J connectivity index is 0.887. The molecular weight excluding hydrogens is 904 g/mol. The first-order valence-corrected chi connectivity index (χ1v) is 24.5. The first-order valence-electron chi connectivity index (χ1n) is 23.3. The Morgan fingerprint density at radius 1 is 0.985 bits per heavy atom. The number of halogens is 1. The summed E-state index contributed by atoms with van der Waals surface area (Å²) in [5.74, 6) is -0.989. The van der Waals surface area contributed by atoms with Crippen molar-refractivity contribution in [2.75, 3.05) is 19.8 Å². The van der Waals surface area contributed by atoms with E-state index in [0.29, 0.717) is 29.4 Å². The van der Waals surface area contributed by atoms with Crippen LogP contribution in [0, 0.1) is 34.5 Å². The number of aromatic nitrogens is 3. The van der Waals surface area contributed by atoms with E-state index >= 15 is 0 Å². The molecule has 15 nitrogen and oxygen atoms in total. The number of hydrogen-bond donors (Lipinski definition) is 4. The fraction of sp³-hybridized carbons (Fsp3) is 0.529. The lowest BCUT2D eigenvalue weighted by Gasteiger charge is -2.63. The van der Waals surface area contributed by atoms with Crippen LogP contribution in [0.15, 0.2) is 60.1 Å². The third-order valence-electron chi connectivity index (χ3n) is 13.1. The number of aliphatic hydroxyl groups is 1. The number of benzene rings is 2. The SMILES string of the molecule is Cc1ncsc1-c1ccc([C@H](C)NC(=O)[C@@H]2C[C@@H](O)CN2C(=O)[C@@H](NC(=O)COCCCCCCc2ccc(C(=O)NC3C(C)(C)C(Oc4ccc(C#N)c(Cl)c4)C3(C)C)nn2)C(C)(C)C)cc1. The fourth-order valence-corrected chi connectivity index (χ4v) is 10.7. The molecular formula is C51H65ClN8O7S. The zero-order valence-corrected chi connectivity index (χ0v) is 42.1. The number of carbonyl (C=O) groups is 4. The molecule has 1 aliphatic heterocycles. The van der Waals surface area contributed by atoms with Gasteiger partial charge in [0.15, 0.2) is 5.69 Å². The maximum atomic E-state index is 14.1. The Kier molecular flexibility index (Phi) is 16.7. The van der Waals surface area contributed by atoms with Crippen LogP contribution >= 0.6 is 22.9 Å². The van der Waals surface area contributed by atoms with Gasteiger partial charge in [0.25, 0.3) is 5.91 Å². The van der Waals surface area contributed by atoms with Crippen molar-refractivity contribution < 1.29 is 33.8 Å². The fourth-order valence-electron chi connectivity index (χ4n) is 9.66. The van der Waals surface area contributed by atoms with Gasteiger partial charge in [-0.2, -0.15) is 10.4 Å². The molecule has 68 heavy (non-hydrogen) atoms. The maximum Gasteiger partial charge on any atom is 0.272 e. The molecule has 1 saturated heterocycles. The number of likely N-dealkylation sites (tertiary alicyclic amines) is 1. The van der Waals surface area contributed by atoms with Crippen LogP contribution in [-0.2, 0) is 25.5 Å². The van der Waals surface area contributed by atoms with E-state index in [1.54, 1.807) is 35.6 Å². The Morgan fingerprint density at radius 3 is 2.31 bits per heavy atom. The molecule has 2 aromatic carbocycles. The van der Waals surface area contributed by atoms with Gasteiger partial charge in [-0.15, -0.1) is 16.4 Å². The van der Waals surface area contributed by atoms with Crippen LogP contribution < -0.4 is 20.7 Å². The molecule has 0 radical (unpaired) electrons. The van der Waals surface area contributed by atoms with Crippen LogP contribution in [-0.4, -0.2) is 98.9 Å². The summed E-state index contributed by atoms with van der Waals surface area (Å²) in [7, 11) is 0. The standard InChI is InChI=1S/C51H65ClN8O7S/c1-30(32-15-17-33(18-16-32)42-31(2)54-29-68-42)55-45(64)40-24-36(61)27-60(40)46(65)43(49(3,4)5)56-41(62)28-66-23-13-11-10-12-14-35-20-22-39(59-58-35)44(63)57-47-50(6,7)48(51(47,8)9)67-37-21-19-34(26-53)38(52)25-37/h15-22,25,29-30,36,40,43,47-48,61H,10-14,23-24,27-28H2,1-9H3,(H,55,64)(H,56,62)(H,57,63)/t30-,36+,40-,43+,47?,48?/m0/s1. The number of aryl methyl sites for hydroxylation is 2. The summed E-state index contributed by atoms with van der Waals surface area (Å²) in [5.41, 5.74) is 4.59. The quantitative estimate of drug-likeness (QED) is 0.0675. The molecule has 0 spiro atoms. The maximum absolute atomic E-state index is 14.1. The Bertz CT molecular complexity index is 2450. The normalized spacial score (nSPS) is 20.4. The van der Waals surface area contributed by atoms with Gasteiger partial charge in [0.1, 0.15) is 36.6 Å². The number of β-amino-alcohol motifs (C(OH)–C–C–N with tert-alkyl or cyclic N) is 1. The first-order chi connectivity index (χ1) is 32.1. The largest absolute Gasteiger partial charge is 0.489 e. The topological polar surface area (TPSA) is 209 Å². The molecule has 0 bridgehead atoms. The van der Waals surface area contributed by atoms with Gasteiger partial charge in [-0.25, -0.2) is 4.98 Å². The van der Waals surface area contributed by atoms with E-state index in [9.17, 15) is 29.5 Å². The van der Waals surface area contributed by atoms with Crippen LogP contribution in [0.1, 0.15) is 127 Å². The van der Waals surface area contributed by atoms with Gasteiger partial charge < -0.3 is 35.4 Å². The Morgan fingerprint density at radius 2 is 1.69 bits per heavy atom. The van der Waals surface area contributed by atoms with Gasteiger partial charge in [0.2, 0.25) is 17.7 Å². The minimum atomic E-state index is -0.955. The molecule has 2 aliphatic rings. The summed E-state index contributed by atoms with van der Waals surface area (Å²) in [6, 6.07) is 16.1. The Hall–Kier alpha value is -5.47. The number of ether oxygens (including phenoxy) is 2. The predicted octanol–water partition coefficient (Wildman–Crippen LogP) is 7.54. The molecule has 364 valence electrons. The number of nitrogens with zero attached hydrogens (tertiary/aromatic N) is 5. The lowest BCUT2D eigenvalue weighted by atomic mass is 9.49. The van der Waals surface area contributed by atoms with E-state index < -0.39 is 46.2 Å². The number of carbonyl (C=O) groups excluding carboxylic acids is 4. The number of unbranched alkanes of at least 4 members (excludes halogenated alkanes) is 3. The van der Waals surface area contributed by atoms with Crippen LogP contribution in [0.3, 0.4) is 0 Å². The van der Waals surface area contributed by atoms with Crippen LogP contribution in [0.2, 0.25) is 5.02 Å². The van der Waals surface area contributed by atoms with Gasteiger partial charge in [-0.05, 0) is 73.9 Å². The molecule has 4 atom stereocenters. The van der Waals surface area contributed by atoms with E-state index in [4.69, 9.17) is 21.1 Å². The number of nitriles is 1. The molecule has 2 aromatic heterocycles. The number of amides is 4. The number of rotatable bonds is 19. The van der Waals surface area contributed by atoms with Crippen molar-refractivity contribution in [2.45, 2.75) is 137 Å². The third-order valence-corrected chi connectivity index (χ3v) is 14.4. The highest BCUT2D eigenvalue weighted by Crippen LogP contribution is 2.55. The minimum absolute atomic E-state index is 0.0157. The minimum Gasteiger partial charge on any atom is -0.489 e. The zero-order valence-electron chi connectivity index (χ0n) is 40.5. The molecule has 2 fully saturated rings. The van der Waals surface area contributed by atoms with Gasteiger partial charge in [0, 0.05) is 42.5 Å². The van der Waals surface area contributed by atoms with Crippen molar-refractivity contribution >= 4 is 46.6 Å². The zero-order chi connectivity index (χ0) is 49.6. The number of aliphatic hydroxyl groups excluding tert-OH is 1. The van der Waals surface area contributed by atoms with Crippen molar-refractivity contribution in [3.8, 4) is 22.3 Å². The Labute approximate surface area is 408 Å². The lowest BCUT2D eigenvalue weighted by molar-refractivity contribution is -0.164. The second-order valence-corrected chi connectivity index (χ2v) is 21.6.